The van der Waals surface area contributed by atoms with Gasteiger partial charge in [0.1, 0.15) is 5.75 Å². The lowest BCUT2D eigenvalue weighted by molar-refractivity contribution is -0.153. The van der Waals surface area contributed by atoms with Crippen molar-refractivity contribution in [3.63, 3.8) is 0 Å². The summed E-state index contributed by atoms with van der Waals surface area (Å²) < 4.78 is 45.3. The molecule has 0 unspecified atom stereocenters. The molecule has 0 aliphatic rings. The molecule has 0 fully saturated rings. The molecule has 98 valence electrons. The van der Waals surface area contributed by atoms with Crippen LogP contribution >= 0.6 is 0 Å². The van der Waals surface area contributed by atoms with E-state index in [1.165, 1.54) is 31.4 Å². The van der Waals surface area contributed by atoms with Gasteiger partial charge in [-0.05, 0) is 12.1 Å². The van der Waals surface area contributed by atoms with Gasteiger partial charge in [-0.2, -0.15) is 13.2 Å². The first-order chi connectivity index (χ1) is 8.37. The highest BCUT2D eigenvalue weighted by Gasteiger charge is 2.28. The largest absolute Gasteiger partial charge is 0.483 e. The Kier molecular flexibility index (Phi) is 4.36. The zero-order valence-corrected chi connectivity index (χ0v) is 9.58. The number of hydrogen-bond donors (Lipinski definition) is 0. The van der Waals surface area contributed by atoms with Gasteiger partial charge < -0.3 is 9.47 Å². The van der Waals surface area contributed by atoms with E-state index >= 15 is 0 Å². The van der Waals surface area contributed by atoms with Gasteiger partial charge in [-0.1, -0.05) is 18.7 Å². The van der Waals surface area contributed by atoms with E-state index in [2.05, 4.69) is 16.1 Å². The van der Waals surface area contributed by atoms with Gasteiger partial charge in [-0.3, -0.25) is 0 Å². The standard InChI is InChI=1S/C12H11F3O3/c1-3-8-4-5-9(11(16)17-2)6-10(8)18-7-12(13,14)15/h3-6H,1,7H2,2H3. The van der Waals surface area contributed by atoms with Crippen LogP contribution in [0.4, 0.5) is 13.2 Å². The Morgan fingerprint density at radius 3 is 2.61 bits per heavy atom. The van der Waals surface area contributed by atoms with Crippen molar-refractivity contribution in [2.75, 3.05) is 13.7 Å². The summed E-state index contributed by atoms with van der Waals surface area (Å²) >= 11 is 0. The molecule has 3 nitrogen and oxygen atoms in total. The zero-order valence-electron chi connectivity index (χ0n) is 9.58. The smallest absolute Gasteiger partial charge is 0.422 e. The summed E-state index contributed by atoms with van der Waals surface area (Å²) in [7, 11) is 1.18. The van der Waals surface area contributed by atoms with Crippen LogP contribution in [-0.2, 0) is 4.74 Å². The monoisotopic (exact) mass is 260 g/mol. The highest BCUT2D eigenvalue weighted by molar-refractivity contribution is 5.90. The number of carbonyl (C=O) groups is 1. The second kappa shape index (κ2) is 5.57. The highest BCUT2D eigenvalue weighted by atomic mass is 19.4. The third-order valence-electron chi connectivity index (χ3n) is 2.05. The van der Waals surface area contributed by atoms with Gasteiger partial charge in [-0.25, -0.2) is 4.79 Å². The van der Waals surface area contributed by atoms with Crippen molar-refractivity contribution in [1.29, 1.82) is 0 Å². The Hall–Kier alpha value is -1.98. The predicted octanol–water partition coefficient (Wildman–Crippen LogP) is 3.06. The molecule has 0 saturated carbocycles. The number of halogens is 3. The van der Waals surface area contributed by atoms with Gasteiger partial charge in [0.15, 0.2) is 6.61 Å². The topological polar surface area (TPSA) is 35.5 Å². The van der Waals surface area contributed by atoms with Crippen molar-refractivity contribution in [2.45, 2.75) is 6.18 Å². The van der Waals surface area contributed by atoms with Crippen molar-refractivity contribution in [2.24, 2.45) is 0 Å². The van der Waals surface area contributed by atoms with Crippen LogP contribution in [0.5, 0.6) is 5.75 Å². The summed E-state index contributed by atoms with van der Waals surface area (Å²) in [4.78, 5) is 11.2. The first kappa shape index (κ1) is 14.1. The van der Waals surface area contributed by atoms with E-state index in [1.54, 1.807) is 0 Å². The maximum absolute atomic E-state index is 12.1. The molecule has 0 radical (unpaired) electrons. The molecule has 0 bridgehead atoms. The minimum absolute atomic E-state index is 0.0646. The molecule has 18 heavy (non-hydrogen) atoms. The lowest BCUT2D eigenvalue weighted by Gasteiger charge is -2.12. The number of ether oxygens (including phenoxy) is 2. The number of esters is 1. The van der Waals surface area contributed by atoms with Crippen LogP contribution in [0.15, 0.2) is 24.8 Å². The fraction of sp³-hybridized carbons (Fsp3) is 0.250. The molecule has 0 spiro atoms. The molecule has 1 aromatic carbocycles. The Labute approximate surface area is 102 Å². The second-order valence-corrected chi connectivity index (χ2v) is 3.35. The third kappa shape index (κ3) is 3.80. The van der Waals surface area contributed by atoms with E-state index in [-0.39, 0.29) is 11.3 Å². The molecule has 0 atom stereocenters. The predicted molar refractivity (Wildman–Crippen MR) is 59.4 cm³/mol. The van der Waals surface area contributed by atoms with Gasteiger partial charge >= 0.3 is 12.1 Å². The zero-order chi connectivity index (χ0) is 13.8. The van der Waals surface area contributed by atoms with Crippen LogP contribution < -0.4 is 4.74 Å². The van der Waals surface area contributed by atoms with E-state index in [9.17, 15) is 18.0 Å². The highest BCUT2D eigenvalue weighted by Crippen LogP contribution is 2.24. The Morgan fingerprint density at radius 1 is 1.44 bits per heavy atom. The first-order valence-corrected chi connectivity index (χ1v) is 4.91. The molecule has 6 heteroatoms. The second-order valence-electron chi connectivity index (χ2n) is 3.35. The molecule has 0 amide bonds. The molecule has 1 rings (SSSR count). The van der Waals surface area contributed by atoms with Gasteiger partial charge in [0.05, 0.1) is 12.7 Å². The number of rotatable bonds is 4. The summed E-state index contributed by atoms with van der Waals surface area (Å²) in [6, 6.07) is 4.04. The van der Waals surface area contributed by atoms with Crippen LogP contribution in [0.25, 0.3) is 6.08 Å². The normalized spacial score (nSPS) is 10.9. The average Bonchev–Trinajstić information content (AvgIpc) is 2.34. The van der Waals surface area contributed by atoms with E-state index in [0.717, 1.165) is 0 Å². The minimum Gasteiger partial charge on any atom is -0.483 e. The molecule has 0 aliphatic heterocycles. The Bertz CT molecular complexity index is 452. The van der Waals surface area contributed by atoms with Crippen molar-refractivity contribution in [3.05, 3.63) is 35.9 Å². The van der Waals surface area contributed by atoms with Crippen LogP contribution in [-0.4, -0.2) is 25.9 Å². The lowest BCUT2D eigenvalue weighted by atomic mass is 10.1. The summed E-state index contributed by atoms with van der Waals surface area (Å²) in [5, 5.41) is 0. The van der Waals surface area contributed by atoms with Crippen LogP contribution in [0.2, 0.25) is 0 Å². The fourth-order valence-electron chi connectivity index (χ4n) is 1.23. The minimum atomic E-state index is -4.44. The van der Waals surface area contributed by atoms with Crippen molar-refractivity contribution in [1.82, 2.24) is 0 Å². The first-order valence-electron chi connectivity index (χ1n) is 4.91. The number of methoxy groups -OCH3 is 1. The molecule has 0 aliphatic carbocycles. The molecule has 0 aromatic heterocycles. The van der Waals surface area contributed by atoms with Gasteiger partial charge in [0.25, 0.3) is 0 Å². The van der Waals surface area contributed by atoms with Gasteiger partial charge in [-0.15, -0.1) is 0 Å². The summed E-state index contributed by atoms with van der Waals surface area (Å²) in [5.74, 6) is -0.715. The van der Waals surface area contributed by atoms with E-state index in [4.69, 9.17) is 0 Å². The molecule has 0 saturated heterocycles. The number of hydrogen-bond acceptors (Lipinski definition) is 3. The quantitative estimate of drug-likeness (QED) is 0.780. The van der Waals surface area contributed by atoms with E-state index < -0.39 is 18.8 Å². The summed E-state index contributed by atoms with van der Waals surface area (Å²) in [5.41, 5.74) is 0.479. The third-order valence-corrected chi connectivity index (χ3v) is 2.05. The van der Waals surface area contributed by atoms with Crippen molar-refractivity contribution in [3.8, 4) is 5.75 Å². The fourth-order valence-corrected chi connectivity index (χ4v) is 1.23. The van der Waals surface area contributed by atoms with Crippen LogP contribution in [0.3, 0.4) is 0 Å². The molecule has 0 N–H and O–H groups in total. The molecular weight excluding hydrogens is 249 g/mol. The maximum atomic E-state index is 12.1. The van der Waals surface area contributed by atoms with Crippen molar-refractivity contribution >= 4 is 12.0 Å². The van der Waals surface area contributed by atoms with Crippen LogP contribution in [0.1, 0.15) is 15.9 Å². The summed E-state index contributed by atoms with van der Waals surface area (Å²) in [6.07, 6.45) is -3.10. The summed E-state index contributed by atoms with van der Waals surface area (Å²) in [6.45, 7) is 2.02. The molecular formula is C12H11F3O3. The maximum Gasteiger partial charge on any atom is 0.422 e. The number of carbonyl (C=O) groups excluding carboxylic acids is 1. The van der Waals surface area contributed by atoms with Gasteiger partial charge in [0.2, 0.25) is 0 Å². The number of benzene rings is 1. The Morgan fingerprint density at radius 2 is 2.11 bits per heavy atom. The SMILES string of the molecule is C=Cc1ccc(C(=O)OC)cc1OCC(F)(F)F. The molecule has 0 heterocycles. The lowest BCUT2D eigenvalue weighted by Crippen LogP contribution is -2.19. The van der Waals surface area contributed by atoms with Gasteiger partial charge in [0, 0.05) is 5.56 Å². The van der Waals surface area contributed by atoms with E-state index in [1.807, 2.05) is 0 Å². The Balaban J connectivity index is 2.99. The van der Waals surface area contributed by atoms with Crippen molar-refractivity contribution < 1.29 is 27.4 Å². The van der Waals surface area contributed by atoms with Crippen LogP contribution in [0, 0.1) is 0 Å². The number of alkyl halides is 3. The molecule has 1 aromatic rings. The van der Waals surface area contributed by atoms with E-state index in [0.29, 0.717) is 5.56 Å². The average molecular weight is 260 g/mol.